The third-order valence-electron chi connectivity index (χ3n) is 3.64. The summed E-state index contributed by atoms with van der Waals surface area (Å²) in [6.45, 7) is 3.44. The maximum absolute atomic E-state index is 6.00. The van der Waals surface area contributed by atoms with E-state index in [2.05, 4.69) is 15.2 Å². The molecule has 1 aromatic heterocycles. The van der Waals surface area contributed by atoms with Gasteiger partial charge in [0.2, 0.25) is 0 Å². The first-order valence-electron chi connectivity index (χ1n) is 7.06. The Balaban J connectivity index is 2.12. The normalized spacial score (nSPS) is 19.0. The first-order valence-corrected chi connectivity index (χ1v) is 7.06. The number of ether oxygens (including phenoxy) is 1. The molecule has 18 heavy (non-hydrogen) atoms. The number of aromatic nitrogens is 3. The second kappa shape index (κ2) is 6.29. The number of hydrogen-bond acceptors (Lipinski definition) is 4. The number of aryl methyl sites for hydroxylation is 1. The molecule has 0 spiro atoms. The van der Waals surface area contributed by atoms with Crippen LogP contribution in [0.2, 0.25) is 0 Å². The van der Waals surface area contributed by atoms with Gasteiger partial charge in [0.15, 0.2) is 5.82 Å². The van der Waals surface area contributed by atoms with E-state index < -0.39 is 0 Å². The topological polar surface area (TPSA) is 76.8 Å². The van der Waals surface area contributed by atoms with Gasteiger partial charge in [-0.1, -0.05) is 19.3 Å². The van der Waals surface area contributed by atoms with Crippen LogP contribution in [0.5, 0.6) is 0 Å². The zero-order valence-corrected chi connectivity index (χ0v) is 11.2. The van der Waals surface area contributed by atoms with Crippen molar-refractivity contribution >= 4 is 0 Å². The van der Waals surface area contributed by atoms with Crippen LogP contribution in [0.4, 0.5) is 0 Å². The van der Waals surface area contributed by atoms with Crippen LogP contribution in [0.1, 0.15) is 57.1 Å². The van der Waals surface area contributed by atoms with Crippen molar-refractivity contribution in [3.05, 3.63) is 11.6 Å². The smallest absolute Gasteiger partial charge is 0.182 e. The van der Waals surface area contributed by atoms with Gasteiger partial charge in [-0.2, -0.15) is 5.10 Å². The molecule has 102 valence electrons. The standard InChI is InChI=1S/C13H24N4O/c1-2-18-13(8-4-3-5-9-13)12-15-11(16-17-12)7-6-10-14/h2-10,14H2,1H3,(H,15,16,17). The molecule has 5 heteroatoms. The van der Waals surface area contributed by atoms with E-state index in [0.717, 1.165) is 37.3 Å². The summed E-state index contributed by atoms with van der Waals surface area (Å²) in [4.78, 5) is 4.62. The van der Waals surface area contributed by atoms with Gasteiger partial charge in [0.1, 0.15) is 11.4 Å². The third kappa shape index (κ3) is 2.90. The number of nitrogens with zero attached hydrogens (tertiary/aromatic N) is 2. The summed E-state index contributed by atoms with van der Waals surface area (Å²) in [7, 11) is 0. The Kier molecular flexibility index (Phi) is 4.72. The van der Waals surface area contributed by atoms with Gasteiger partial charge in [0.25, 0.3) is 0 Å². The van der Waals surface area contributed by atoms with Crippen molar-refractivity contribution in [2.45, 2.75) is 57.5 Å². The molecular formula is C13H24N4O. The van der Waals surface area contributed by atoms with Crippen molar-refractivity contribution in [1.29, 1.82) is 0 Å². The first-order chi connectivity index (χ1) is 8.80. The molecule has 1 aromatic rings. The Morgan fingerprint density at radius 3 is 2.78 bits per heavy atom. The fourth-order valence-corrected chi connectivity index (χ4v) is 2.71. The van der Waals surface area contributed by atoms with Gasteiger partial charge in [-0.3, -0.25) is 5.10 Å². The Labute approximate surface area is 109 Å². The molecular weight excluding hydrogens is 228 g/mol. The molecule has 0 atom stereocenters. The van der Waals surface area contributed by atoms with E-state index in [-0.39, 0.29) is 5.60 Å². The second-order valence-electron chi connectivity index (χ2n) is 4.99. The lowest BCUT2D eigenvalue weighted by molar-refractivity contribution is -0.0764. The lowest BCUT2D eigenvalue weighted by Crippen LogP contribution is -2.33. The van der Waals surface area contributed by atoms with Gasteiger partial charge in [0, 0.05) is 13.0 Å². The Morgan fingerprint density at radius 2 is 2.11 bits per heavy atom. The Bertz CT molecular complexity index is 352. The molecule has 0 bridgehead atoms. The van der Waals surface area contributed by atoms with Crippen LogP contribution >= 0.6 is 0 Å². The summed E-state index contributed by atoms with van der Waals surface area (Å²) < 4.78 is 6.00. The fourth-order valence-electron chi connectivity index (χ4n) is 2.71. The molecule has 5 nitrogen and oxygen atoms in total. The van der Waals surface area contributed by atoms with E-state index in [1.165, 1.54) is 19.3 Å². The van der Waals surface area contributed by atoms with Gasteiger partial charge in [-0.15, -0.1) is 0 Å². The van der Waals surface area contributed by atoms with Crippen LogP contribution in [0.25, 0.3) is 0 Å². The van der Waals surface area contributed by atoms with Crippen LogP contribution in [-0.2, 0) is 16.8 Å². The number of nitrogens with one attached hydrogen (secondary N) is 1. The first kappa shape index (κ1) is 13.5. The molecule has 2 rings (SSSR count). The number of rotatable bonds is 6. The average molecular weight is 252 g/mol. The highest BCUT2D eigenvalue weighted by Crippen LogP contribution is 2.38. The van der Waals surface area contributed by atoms with E-state index >= 15 is 0 Å². The molecule has 0 aromatic carbocycles. The molecule has 3 N–H and O–H groups in total. The molecule has 1 heterocycles. The zero-order chi connectivity index (χ0) is 12.8. The van der Waals surface area contributed by atoms with Crippen LogP contribution in [-0.4, -0.2) is 28.3 Å². The van der Waals surface area contributed by atoms with Crippen LogP contribution in [0.15, 0.2) is 0 Å². The molecule has 0 saturated heterocycles. The van der Waals surface area contributed by atoms with Gasteiger partial charge >= 0.3 is 0 Å². The predicted molar refractivity (Wildman–Crippen MR) is 70.1 cm³/mol. The largest absolute Gasteiger partial charge is 0.367 e. The van der Waals surface area contributed by atoms with Crippen molar-refractivity contribution < 1.29 is 4.74 Å². The molecule has 0 amide bonds. The van der Waals surface area contributed by atoms with E-state index in [9.17, 15) is 0 Å². The molecule has 0 unspecified atom stereocenters. The summed E-state index contributed by atoms with van der Waals surface area (Å²) >= 11 is 0. The van der Waals surface area contributed by atoms with Gasteiger partial charge < -0.3 is 10.5 Å². The maximum Gasteiger partial charge on any atom is 0.182 e. The van der Waals surface area contributed by atoms with Crippen molar-refractivity contribution in [2.24, 2.45) is 5.73 Å². The zero-order valence-electron chi connectivity index (χ0n) is 11.2. The van der Waals surface area contributed by atoms with Crippen LogP contribution in [0.3, 0.4) is 0 Å². The molecule has 0 aliphatic heterocycles. The van der Waals surface area contributed by atoms with Gasteiger partial charge in [-0.25, -0.2) is 4.98 Å². The van der Waals surface area contributed by atoms with Gasteiger partial charge in [-0.05, 0) is 32.7 Å². The van der Waals surface area contributed by atoms with E-state index in [1.54, 1.807) is 0 Å². The number of nitrogens with two attached hydrogens (primary N) is 1. The predicted octanol–water partition coefficient (Wildman–Crippen LogP) is 1.89. The Hall–Kier alpha value is -0.940. The number of aromatic amines is 1. The lowest BCUT2D eigenvalue weighted by Gasteiger charge is -2.34. The third-order valence-corrected chi connectivity index (χ3v) is 3.64. The minimum atomic E-state index is -0.246. The highest BCUT2D eigenvalue weighted by Gasteiger charge is 2.38. The summed E-state index contributed by atoms with van der Waals surface area (Å²) in [6, 6.07) is 0. The monoisotopic (exact) mass is 252 g/mol. The summed E-state index contributed by atoms with van der Waals surface area (Å²) in [5, 5.41) is 7.41. The fraction of sp³-hybridized carbons (Fsp3) is 0.846. The van der Waals surface area contributed by atoms with Crippen molar-refractivity contribution in [1.82, 2.24) is 15.2 Å². The van der Waals surface area contributed by atoms with Crippen molar-refractivity contribution in [3.8, 4) is 0 Å². The second-order valence-corrected chi connectivity index (χ2v) is 4.99. The van der Waals surface area contributed by atoms with Crippen molar-refractivity contribution in [2.75, 3.05) is 13.2 Å². The quantitative estimate of drug-likeness (QED) is 0.810. The van der Waals surface area contributed by atoms with E-state index in [0.29, 0.717) is 13.2 Å². The molecule has 1 aliphatic carbocycles. The highest BCUT2D eigenvalue weighted by atomic mass is 16.5. The number of H-pyrrole nitrogens is 1. The van der Waals surface area contributed by atoms with E-state index in [1.807, 2.05) is 6.92 Å². The maximum atomic E-state index is 6.00. The lowest BCUT2D eigenvalue weighted by atomic mass is 9.84. The summed E-state index contributed by atoms with van der Waals surface area (Å²) in [6.07, 6.45) is 7.57. The van der Waals surface area contributed by atoms with Crippen LogP contribution < -0.4 is 5.73 Å². The minimum absolute atomic E-state index is 0.246. The average Bonchev–Trinajstić information content (AvgIpc) is 2.87. The van der Waals surface area contributed by atoms with E-state index in [4.69, 9.17) is 10.5 Å². The molecule has 1 saturated carbocycles. The number of hydrogen-bond donors (Lipinski definition) is 2. The van der Waals surface area contributed by atoms with Gasteiger partial charge in [0.05, 0.1) is 0 Å². The van der Waals surface area contributed by atoms with Crippen LogP contribution in [0, 0.1) is 0 Å². The molecule has 1 aliphatic rings. The summed E-state index contributed by atoms with van der Waals surface area (Å²) in [5.41, 5.74) is 5.27. The molecule has 0 radical (unpaired) electrons. The summed E-state index contributed by atoms with van der Waals surface area (Å²) in [5.74, 6) is 1.77. The SMILES string of the molecule is CCOC1(c2n[nH]c(CCCN)n2)CCCCC1. The Morgan fingerprint density at radius 1 is 1.33 bits per heavy atom. The molecule has 1 fully saturated rings. The van der Waals surface area contributed by atoms with Crippen molar-refractivity contribution in [3.63, 3.8) is 0 Å². The minimum Gasteiger partial charge on any atom is -0.367 e. The highest BCUT2D eigenvalue weighted by molar-refractivity contribution is 5.05.